The number of ether oxygens (including phenoxy) is 1. The quantitative estimate of drug-likeness (QED) is 0.433. The van der Waals surface area contributed by atoms with Gasteiger partial charge in [-0.3, -0.25) is 4.98 Å². The number of aromatic nitrogens is 5. The maximum absolute atomic E-state index is 5.51. The molecule has 28 heavy (non-hydrogen) atoms. The first-order valence-corrected chi connectivity index (χ1v) is 9.84. The van der Waals surface area contributed by atoms with Crippen molar-refractivity contribution in [3.8, 4) is 28.4 Å². The summed E-state index contributed by atoms with van der Waals surface area (Å²) in [5.74, 6) is 2.97. The molecule has 3 aromatic heterocycles. The lowest BCUT2D eigenvalue weighted by molar-refractivity contribution is 0.395. The Kier molecular flexibility index (Phi) is 5.38. The van der Waals surface area contributed by atoms with E-state index in [-0.39, 0.29) is 0 Å². The summed E-state index contributed by atoms with van der Waals surface area (Å²) >= 11 is 1.57. The predicted octanol–water partition coefficient (Wildman–Crippen LogP) is 4.32. The molecular weight excluding hydrogens is 374 g/mol. The van der Waals surface area contributed by atoms with Crippen LogP contribution in [0.3, 0.4) is 0 Å². The molecule has 8 heteroatoms. The topological polar surface area (TPSA) is 78.9 Å². The molecule has 0 fully saturated rings. The Labute approximate surface area is 166 Å². The standard InChI is InChI=1S/C20H19N5O2S/c1-3-25-19(14-8-10-21-11-9-14)22-23-20(25)28-13-15-12-17(24-27-15)16-6-4-5-7-18(16)26-2/h4-12H,3,13H2,1-2H3. The van der Waals surface area contributed by atoms with Gasteiger partial charge in [-0.05, 0) is 31.2 Å². The van der Waals surface area contributed by atoms with Gasteiger partial charge in [0.15, 0.2) is 11.0 Å². The van der Waals surface area contributed by atoms with E-state index >= 15 is 0 Å². The van der Waals surface area contributed by atoms with E-state index in [1.165, 1.54) is 0 Å². The van der Waals surface area contributed by atoms with Crippen molar-refractivity contribution >= 4 is 11.8 Å². The molecule has 0 spiro atoms. The minimum absolute atomic E-state index is 0.608. The molecule has 0 aliphatic carbocycles. The summed E-state index contributed by atoms with van der Waals surface area (Å²) in [4.78, 5) is 4.06. The SMILES string of the molecule is CCn1c(SCc2cc(-c3ccccc3OC)no2)nnc1-c1ccncc1. The summed E-state index contributed by atoms with van der Waals surface area (Å²) in [6.45, 7) is 2.85. The molecule has 0 amide bonds. The van der Waals surface area contributed by atoms with Gasteiger partial charge in [0.05, 0.1) is 12.9 Å². The third-order valence-corrected chi connectivity index (χ3v) is 5.25. The smallest absolute Gasteiger partial charge is 0.191 e. The molecule has 4 aromatic rings. The van der Waals surface area contributed by atoms with Crippen LogP contribution in [0.5, 0.6) is 5.75 Å². The lowest BCUT2D eigenvalue weighted by Gasteiger charge is -2.06. The Balaban J connectivity index is 1.52. The molecule has 7 nitrogen and oxygen atoms in total. The fourth-order valence-corrected chi connectivity index (χ4v) is 3.77. The van der Waals surface area contributed by atoms with Crippen molar-refractivity contribution in [1.82, 2.24) is 24.9 Å². The summed E-state index contributed by atoms with van der Waals surface area (Å²) < 4.78 is 13.0. The number of thioether (sulfide) groups is 1. The summed E-state index contributed by atoms with van der Waals surface area (Å²) in [6.07, 6.45) is 3.51. The molecule has 0 N–H and O–H groups in total. The number of methoxy groups -OCH3 is 1. The monoisotopic (exact) mass is 393 g/mol. The van der Waals surface area contributed by atoms with Crippen LogP contribution in [0.1, 0.15) is 12.7 Å². The van der Waals surface area contributed by atoms with E-state index in [1.54, 1.807) is 31.3 Å². The van der Waals surface area contributed by atoms with Crippen LogP contribution in [0.2, 0.25) is 0 Å². The summed E-state index contributed by atoms with van der Waals surface area (Å²) in [5.41, 5.74) is 2.65. The van der Waals surface area contributed by atoms with Gasteiger partial charge >= 0.3 is 0 Å². The van der Waals surface area contributed by atoms with Crippen LogP contribution < -0.4 is 4.74 Å². The van der Waals surface area contributed by atoms with Crippen LogP contribution >= 0.6 is 11.8 Å². The Morgan fingerprint density at radius 3 is 2.71 bits per heavy atom. The molecule has 1 aromatic carbocycles. The molecule has 0 saturated carbocycles. The van der Waals surface area contributed by atoms with Crippen molar-refractivity contribution in [2.45, 2.75) is 24.4 Å². The highest BCUT2D eigenvalue weighted by Gasteiger charge is 2.15. The van der Waals surface area contributed by atoms with Crippen LogP contribution in [0.15, 0.2) is 64.5 Å². The van der Waals surface area contributed by atoms with Crippen molar-refractivity contribution in [3.05, 3.63) is 60.6 Å². The minimum atomic E-state index is 0.608. The highest BCUT2D eigenvalue weighted by atomic mass is 32.2. The zero-order valence-electron chi connectivity index (χ0n) is 15.6. The molecule has 3 heterocycles. The Bertz CT molecular complexity index is 1060. The maximum Gasteiger partial charge on any atom is 0.191 e. The predicted molar refractivity (Wildman–Crippen MR) is 107 cm³/mol. The normalized spacial score (nSPS) is 10.9. The van der Waals surface area contributed by atoms with Gasteiger partial charge in [0.1, 0.15) is 17.2 Å². The first kappa shape index (κ1) is 18.2. The molecule has 0 bridgehead atoms. The van der Waals surface area contributed by atoms with Crippen molar-refractivity contribution in [1.29, 1.82) is 0 Å². The molecule has 0 atom stereocenters. The van der Waals surface area contributed by atoms with E-state index in [0.29, 0.717) is 5.75 Å². The van der Waals surface area contributed by atoms with Crippen molar-refractivity contribution < 1.29 is 9.26 Å². The Morgan fingerprint density at radius 1 is 1.11 bits per heavy atom. The van der Waals surface area contributed by atoms with E-state index in [2.05, 4.69) is 31.8 Å². The number of nitrogens with zero attached hydrogens (tertiary/aromatic N) is 5. The van der Waals surface area contributed by atoms with Crippen LogP contribution in [0.4, 0.5) is 0 Å². The summed E-state index contributed by atoms with van der Waals surface area (Å²) in [7, 11) is 1.65. The van der Waals surface area contributed by atoms with Gasteiger partial charge in [0.2, 0.25) is 0 Å². The molecule has 142 valence electrons. The van der Waals surface area contributed by atoms with Gasteiger partial charge in [-0.1, -0.05) is 29.1 Å². The van der Waals surface area contributed by atoms with Gasteiger partial charge in [0, 0.05) is 36.1 Å². The highest BCUT2D eigenvalue weighted by Crippen LogP contribution is 2.31. The van der Waals surface area contributed by atoms with E-state index in [1.807, 2.05) is 42.5 Å². The molecular formula is C20H19N5O2S. The molecule has 0 unspecified atom stereocenters. The van der Waals surface area contributed by atoms with Gasteiger partial charge in [-0.25, -0.2) is 0 Å². The number of hydrogen-bond donors (Lipinski definition) is 0. The number of para-hydroxylation sites is 1. The third kappa shape index (κ3) is 3.63. The largest absolute Gasteiger partial charge is 0.496 e. The molecule has 0 aliphatic heterocycles. The number of benzene rings is 1. The Morgan fingerprint density at radius 2 is 1.93 bits per heavy atom. The first-order valence-electron chi connectivity index (χ1n) is 8.85. The minimum Gasteiger partial charge on any atom is -0.496 e. The average Bonchev–Trinajstić information content (AvgIpc) is 3.39. The zero-order chi connectivity index (χ0) is 19.3. The lowest BCUT2D eigenvalue weighted by atomic mass is 10.1. The zero-order valence-corrected chi connectivity index (χ0v) is 16.4. The van der Waals surface area contributed by atoms with Gasteiger partial charge in [0.25, 0.3) is 0 Å². The molecule has 4 rings (SSSR count). The van der Waals surface area contributed by atoms with E-state index in [4.69, 9.17) is 9.26 Å². The van der Waals surface area contributed by atoms with Crippen LogP contribution in [0, 0.1) is 0 Å². The summed E-state index contributed by atoms with van der Waals surface area (Å²) in [5, 5.41) is 13.7. The van der Waals surface area contributed by atoms with E-state index in [9.17, 15) is 0 Å². The molecule has 0 saturated heterocycles. The fourth-order valence-electron chi connectivity index (χ4n) is 2.89. The van der Waals surface area contributed by atoms with Crippen LogP contribution in [-0.4, -0.2) is 32.0 Å². The maximum atomic E-state index is 5.51. The van der Waals surface area contributed by atoms with E-state index < -0.39 is 0 Å². The van der Waals surface area contributed by atoms with Crippen LogP contribution in [0.25, 0.3) is 22.6 Å². The van der Waals surface area contributed by atoms with Crippen LogP contribution in [-0.2, 0) is 12.3 Å². The second kappa shape index (κ2) is 8.26. The number of rotatable bonds is 7. The van der Waals surface area contributed by atoms with Crippen molar-refractivity contribution in [3.63, 3.8) is 0 Å². The highest BCUT2D eigenvalue weighted by molar-refractivity contribution is 7.98. The third-order valence-electron chi connectivity index (χ3n) is 4.26. The molecule has 0 radical (unpaired) electrons. The Hall–Kier alpha value is -3.13. The van der Waals surface area contributed by atoms with Gasteiger partial charge in [-0.2, -0.15) is 0 Å². The first-order chi connectivity index (χ1) is 13.8. The fraction of sp³-hybridized carbons (Fsp3) is 0.200. The number of hydrogen-bond acceptors (Lipinski definition) is 7. The second-order valence-corrected chi connectivity index (χ2v) is 6.90. The van der Waals surface area contributed by atoms with Crippen molar-refractivity contribution in [2.24, 2.45) is 0 Å². The average molecular weight is 393 g/mol. The van der Waals surface area contributed by atoms with E-state index in [0.717, 1.165) is 45.9 Å². The molecule has 0 aliphatic rings. The lowest BCUT2D eigenvalue weighted by Crippen LogP contribution is -1.99. The number of pyridine rings is 1. The summed E-state index contributed by atoms with van der Waals surface area (Å²) in [6, 6.07) is 13.5. The van der Waals surface area contributed by atoms with Crippen molar-refractivity contribution in [2.75, 3.05) is 7.11 Å². The van der Waals surface area contributed by atoms with Gasteiger partial charge < -0.3 is 13.8 Å². The second-order valence-electron chi connectivity index (χ2n) is 5.95. The van der Waals surface area contributed by atoms with Gasteiger partial charge in [-0.15, -0.1) is 10.2 Å².